The van der Waals surface area contributed by atoms with Crippen molar-refractivity contribution < 1.29 is 24.6 Å². The lowest BCUT2D eigenvalue weighted by atomic mass is 10.2. The van der Waals surface area contributed by atoms with Crippen molar-refractivity contribution in [2.24, 2.45) is 0 Å². The predicted molar refractivity (Wildman–Crippen MR) is 72.6 cm³/mol. The van der Waals surface area contributed by atoms with E-state index >= 15 is 0 Å². The van der Waals surface area contributed by atoms with Crippen LogP contribution in [0.2, 0.25) is 0 Å². The summed E-state index contributed by atoms with van der Waals surface area (Å²) in [6, 6.07) is -1.57. The van der Waals surface area contributed by atoms with E-state index in [1.807, 2.05) is 0 Å². The summed E-state index contributed by atoms with van der Waals surface area (Å²) in [5.74, 6) is -1.27. The molecule has 0 aromatic heterocycles. The third-order valence-corrected chi connectivity index (χ3v) is 3.97. The second-order valence-corrected chi connectivity index (χ2v) is 5.62. The van der Waals surface area contributed by atoms with Crippen molar-refractivity contribution in [2.75, 3.05) is 33.2 Å². The molecule has 8 nitrogen and oxygen atoms in total. The Labute approximate surface area is 122 Å². The molecule has 118 valence electrons. The molecular weight excluding hydrogens is 278 g/mol. The van der Waals surface area contributed by atoms with Gasteiger partial charge in [-0.2, -0.15) is 0 Å². The van der Waals surface area contributed by atoms with Gasteiger partial charge in [0.05, 0.1) is 6.10 Å². The molecule has 2 saturated heterocycles. The van der Waals surface area contributed by atoms with Crippen LogP contribution in [0.15, 0.2) is 0 Å². The molecule has 0 aromatic rings. The van der Waals surface area contributed by atoms with Gasteiger partial charge >= 0.3 is 12.0 Å². The monoisotopic (exact) mass is 299 g/mol. The zero-order valence-corrected chi connectivity index (χ0v) is 12.1. The number of aliphatic hydroxyl groups excluding tert-OH is 1. The predicted octanol–water partition coefficient (Wildman–Crippen LogP) is -0.820. The van der Waals surface area contributed by atoms with Crippen LogP contribution in [0.4, 0.5) is 4.79 Å². The van der Waals surface area contributed by atoms with Crippen molar-refractivity contribution in [1.82, 2.24) is 14.7 Å². The van der Waals surface area contributed by atoms with Crippen LogP contribution in [-0.4, -0.2) is 88.2 Å². The summed E-state index contributed by atoms with van der Waals surface area (Å²) >= 11 is 0. The molecule has 2 aliphatic rings. The summed E-state index contributed by atoms with van der Waals surface area (Å²) < 4.78 is 0. The quantitative estimate of drug-likeness (QED) is 0.709. The Balaban J connectivity index is 1.94. The van der Waals surface area contributed by atoms with Crippen LogP contribution >= 0.6 is 0 Å². The van der Waals surface area contributed by atoms with Gasteiger partial charge in [0.25, 0.3) is 0 Å². The molecule has 3 amide bonds. The molecule has 0 spiro atoms. The first kappa shape index (κ1) is 15.6. The van der Waals surface area contributed by atoms with Gasteiger partial charge in [0.15, 0.2) is 0 Å². The van der Waals surface area contributed by atoms with Crippen molar-refractivity contribution in [3.63, 3.8) is 0 Å². The van der Waals surface area contributed by atoms with Gasteiger partial charge in [-0.25, -0.2) is 9.59 Å². The Morgan fingerprint density at radius 1 is 1.24 bits per heavy atom. The van der Waals surface area contributed by atoms with E-state index in [0.717, 1.165) is 17.7 Å². The number of amides is 3. The molecule has 2 N–H and O–H groups in total. The summed E-state index contributed by atoms with van der Waals surface area (Å²) in [6.45, 7) is 1.33. The highest BCUT2D eigenvalue weighted by Gasteiger charge is 2.40. The number of carbonyl (C=O) groups excluding carboxylic acids is 2. The number of likely N-dealkylation sites (N-methyl/N-ethyl adjacent to an activating group) is 1. The van der Waals surface area contributed by atoms with E-state index in [9.17, 15) is 19.5 Å². The van der Waals surface area contributed by atoms with Gasteiger partial charge < -0.3 is 24.9 Å². The minimum absolute atomic E-state index is 0.0158. The lowest BCUT2D eigenvalue weighted by Gasteiger charge is -2.28. The number of likely N-dealkylation sites (tertiary alicyclic amines) is 2. The normalized spacial score (nSPS) is 25.2. The standard InChI is InChI=1S/C13H21N3O5/c1-14(8-11(18)15-4-2-3-5-15)13(21)16-7-9(17)6-10(16)12(19)20/h9-10,17H,2-8H2,1H3,(H,19,20)/t9?,10-/m0/s1. The van der Waals surface area contributed by atoms with E-state index in [4.69, 9.17) is 5.11 Å². The van der Waals surface area contributed by atoms with E-state index in [1.54, 1.807) is 4.90 Å². The maximum Gasteiger partial charge on any atom is 0.326 e. The van der Waals surface area contributed by atoms with E-state index in [-0.39, 0.29) is 25.4 Å². The Hall–Kier alpha value is -1.83. The molecule has 2 aliphatic heterocycles. The fraction of sp³-hybridized carbons (Fsp3) is 0.769. The van der Waals surface area contributed by atoms with Gasteiger partial charge in [0.1, 0.15) is 12.6 Å². The van der Waals surface area contributed by atoms with E-state index in [1.165, 1.54) is 11.9 Å². The van der Waals surface area contributed by atoms with Crippen molar-refractivity contribution in [3.8, 4) is 0 Å². The third kappa shape index (κ3) is 3.44. The van der Waals surface area contributed by atoms with Gasteiger partial charge in [-0.05, 0) is 12.8 Å². The number of carbonyl (C=O) groups is 3. The van der Waals surface area contributed by atoms with Gasteiger partial charge in [-0.1, -0.05) is 0 Å². The largest absolute Gasteiger partial charge is 0.480 e. The van der Waals surface area contributed by atoms with Crippen LogP contribution in [0.3, 0.4) is 0 Å². The molecule has 2 atom stereocenters. The molecule has 1 unspecified atom stereocenters. The number of β-amino-alcohol motifs (C(OH)–C–C–N with tert-alkyl or cyclic N) is 1. The first-order chi connectivity index (χ1) is 9.90. The molecule has 0 saturated carbocycles. The molecule has 2 fully saturated rings. The Morgan fingerprint density at radius 2 is 1.86 bits per heavy atom. The molecule has 8 heteroatoms. The fourth-order valence-corrected chi connectivity index (χ4v) is 2.82. The average Bonchev–Trinajstić information content (AvgIpc) is 3.06. The third-order valence-electron chi connectivity index (χ3n) is 3.97. The number of nitrogens with zero attached hydrogens (tertiary/aromatic N) is 3. The number of hydrogen-bond donors (Lipinski definition) is 2. The molecule has 21 heavy (non-hydrogen) atoms. The highest BCUT2D eigenvalue weighted by molar-refractivity contribution is 5.87. The summed E-state index contributed by atoms with van der Waals surface area (Å²) in [7, 11) is 1.47. The highest BCUT2D eigenvalue weighted by Crippen LogP contribution is 2.19. The van der Waals surface area contributed by atoms with E-state index < -0.39 is 24.1 Å². The first-order valence-electron chi connectivity index (χ1n) is 7.10. The van der Waals surface area contributed by atoms with Crippen LogP contribution in [0.1, 0.15) is 19.3 Å². The molecule has 0 radical (unpaired) electrons. The zero-order chi connectivity index (χ0) is 15.6. The zero-order valence-electron chi connectivity index (χ0n) is 12.1. The molecule has 0 aromatic carbocycles. The van der Waals surface area contributed by atoms with Gasteiger partial charge in [-0.15, -0.1) is 0 Å². The smallest absolute Gasteiger partial charge is 0.326 e. The van der Waals surface area contributed by atoms with Gasteiger partial charge in [-0.3, -0.25) is 4.79 Å². The summed E-state index contributed by atoms with van der Waals surface area (Å²) in [5, 5.41) is 18.6. The molecular formula is C13H21N3O5. The second kappa shape index (κ2) is 6.30. The number of hydrogen-bond acceptors (Lipinski definition) is 4. The number of carboxylic acid groups (broad SMARTS) is 1. The minimum atomic E-state index is -1.14. The maximum absolute atomic E-state index is 12.3. The fourth-order valence-electron chi connectivity index (χ4n) is 2.82. The number of carboxylic acids is 1. The van der Waals surface area contributed by atoms with Crippen LogP contribution in [0.25, 0.3) is 0 Å². The molecule has 2 heterocycles. The average molecular weight is 299 g/mol. The molecule has 2 rings (SSSR count). The summed E-state index contributed by atoms with van der Waals surface area (Å²) in [4.78, 5) is 39.4. The van der Waals surface area contributed by atoms with Crippen LogP contribution in [0, 0.1) is 0 Å². The van der Waals surface area contributed by atoms with Crippen LogP contribution in [0.5, 0.6) is 0 Å². The lowest BCUT2D eigenvalue weighted by Crippen LogP contribution is -2.49. The van der Waals surface area contributed by atoms with Crippen LogP contribution in [-0.2, 0) is 9.59 Å². The minimum Gasteiger partial charge on any atom is -0.480 e. The number of rotatable bonds is 3. The van der Waals surface area contributed by atoms with Gasteiger partial charge in [0.2, 0.25) is 5.91 Å². The SMILES string of the molecule is CN(CC(=O)N1CCCC1)C(=O)N1CC(O)C[C@H]1C(=O)O. The second-order valence-electron chi connectivity index (χ2n) is 5.62. The first-order valence-corrected chi connectivity index (χ1v) is 7.10. The van der Waals surface area contributed by atoms with Crippen molar-refractivity contribution in [3.05, 3.63) is 0 Å². The molecule has 0 bridgehead atoms. The van der Waals surface area contributed by atoms with Crippen LogP contribution < -0.4 is 0 Å². The number of aliphatic hydroxyl groups is 1. The van der Waals surface area contributed by atoms with Gasteiger partial charge in [0, 0.05) is 33.1 Å². The number of urea groups is 1. The van der Waals surface area contributed by atoms with E-state index in [2.05, 4.69) is 0 Å². The highest BCUT2D eigenvalue weighted by atomic mass is 16.4. The Bertz CT molecular complexity index is 436. The lowest BCUT2D eigenvalue weighted by molar-refractivity contribution is -0.141. The van der Waals surface area contributed by atoms with Crippen molar-refractivity contribution >= 4 is 17.9 Å². The topological polar surface area (TPSA) is 101 Å². The Kier molecular flexibility index (Phi) is 4.66. The van der Waals surface area contributed by atoms with Crippen molar-refractivity contribution in [1.29, 1.82) is 0 Å². The number of aliphatic carboxylic acids is 1. The van der Waals surface area contributed by atoms with E-state index in [0.29, 0.717) is 13.1 Å². The molecule has 0 aliphatic carbocycles. The summed E-state index contributed by atoms with van der Waals surface area (Å²) in [5.41, 5.74) is 0. The Morgan fingerprint density at radius 3 is 2.43 bits per heavy atom. The summed E-state index contributed by atoms with van der Waals surface area (Å²) in [6.07, 6.45) is 1.14. The maximum atomic E-state index is 12.3. The van der Waals surface area contributed by atoms with Crippen molar-refractivity contribution in [2.45, 2.75) is 31.4 Å².